The first-order chi connectivity index (χ1) is 40.2. The van der Waals surface area contributed by atoms with Gasteiger partial charge in [-0.25, -0.2) is 9.78 Å². The maximum absolute atomic E-state index is 14.2. The highest BCUT2D eigenvalue weighted by molar-refractivity contribution is 8.00. The molecule has 11 atom stereocenters. The lowest BCUT2D eigenvalue weighted by molar-refractivity contribution is -0.139. The molecule has 28 heteroatoms. The zero-order valence-electron chi connectivity index (χ0n) is 49.4. The normalized spacial score (nSPS) is 25.1. The molecule has 2 aromatic heterocycles. The summed E-state index contributed by atoms with van der Waals surface area (Å²) in [7, 11) is 0. The number of imidazole rings is 1. The van der Waals surface area contributed by atoms with Gasteiger partial charge >= 0.3 is 6.03 Å². The summed E-state index contributed by atoms with van der Waals surface area (Å²) in [6, 6.07) is -3.67. The van der Waals surface area contributed by atoms with Crippen LogP contribution in [0.4, 0.5) is 4.79 Å². The molecular formula is C56H90N12O15S. The van der Waals surface area contributed by atoms with Crippen molar-refractivity contribution in [1.29, 1.82) is 0 Å². The van der Waals surface area contributed by atoms with Crippen molar-refractivity contribution in [2.24, 2.45) is 29.4 Å². The van der Waals surface area contributed by atoms with Gasteiger partial charge in [-0.15, -0.1) is 5.10 Å². The number of unbranched alkanes of at least 4 members (excludes halogenated alkanes) is 1. The van der Waals surface area contributed by atoms with Crippen molar-refractivity contribution >= 4 is 70.5 Å². The van der Waals surface area contributed by atoms with Crippen LogP contribution in [0.3, 0.4) is 0 Å². The number of ether oxygens (including phenoxy) is 3. The fraction of sp³-hybridized carbons (Fsp3) is 0.732. The summed E-state index contributed by atoms with van der Waals surface area (Å²) in [6.07, 6.45) is 4.98. The van der Waals surface area contributed by atoms with E-state index in [-0.39, 0.29) is 82.6 Å². The number of rotatable bonds is 25. The number of fused-ring (bicyclic) bond motifs is 3. The minimum Gasteiger partial charge on any atom is -0.393 e. The Labute approximate surface area is 495 Å². The average molecular weight is 1200 g/mol. The molecule has 2 aromatic rings. The Kier molecular flexibility index (Phi) is 31.2. The van der Waals surface area contributed by atoms with Crippen LogP contribution in [0.2, 0.25) is 0 Å². The molecule has 27 nitrogen and oxygen atoms in total. The summed E-state index contributed by atoms with van der Waals surface area (Å²) in [5.41, 5.74) is 6.43. The minimum atomic E-state index is -1.61. The number of aliphatic hydroxyl groups is 2. The molecule has 5 heterocycles. The van der Waals surface area contributed by atoms with E-state index in [0.717, 1.165) is 25.0 Å². The second-order valence-electron chi connectivity index (χ2n) is 21.8. The number of nitrogens with two attached hydrogens (primary N) is 1. The van der Waals surface area contributed by atoms with Crippen LogP contribution < -0.4 is 37.6 Å². The van der Waals surface area contributed by atoms with E-state index >= 15 is 0 Å². The first-order valence-electron chi connectivity index (χ1n) is 29.4. The van der Waals surface area contributed by atoms with Gasteiger partial charge in [0.2, 0.25) is 29.5 Å². The van der Waals surface area contributed by atoms with Crippen LogP contribution in [-0.2, 0) is 76.7 Å². The number of urea groups is 1. The number of carbonyl (C=O) groups excluding carboxylic acids is 10. The van der Waals surface area contributed by atoms with Gasteiger partial charge in [0.15, 0.2) is 17.3 Å². The van der Waals surface area contributed by atoms with Gasteiger partial charge in [-0.3, -0.25) is 47.8 Å². The minimum absolute atomic E-state index is 0.0112. The number of thioether (sulfide) groups is 1. The molecule has 3 aliphatic heterocycles. The first-order valence-corrected chi connectivity index (χ1v) is 30.4. The summed E-state index contributed by atoms with van der Waals surface area (Å²) >= 11 is 1.86. The fourth-order valence-corrected chi connectivity index (χ4v) is 11.6. The predicted molar refractivity (Wildman–Crippen MR) is 307 cm³/mol. The topological polar surface area (TPSA) is 396 Å². The number of ketones is 4. The molecule has 3 aliphatic rings. The molecule has 0 radical (unpaired) electrons. The molecule has 2 fully saturated rings. The lowest BCUT2D eigenvalue weighted by Crippen LogP contribution is -2.53. The number of nitrogens with zero attached hydrogens (tertiary/aromatic N) is 4. The van der Waals surface area contributed by atoms with Gasteiger partial charge < -0.3 is 67.0 Å². The number of aromatic nitrogens is 5. The molecular weight excluding hydrogens is 1110 g/mol. The molecule has 0 spiro atoms. The molecule has 84 heavy (non-hydrogen) atoms. The highest BCUT2D eigenvalue weighted by Gasteiger charge is 2.43. The zero-order chi connectivity index (χ0) is 61.7. The molecule has 2 bridgehead atoms. The van der Waals surface area contributed by atoms with E-state index in [0.29, 0.717) is 55.3 Å². The fourth-order valence-electron chi connectivity index (χ4n) is 10.0. The molecule has 2 unspecified atom stereocenters. The third-order valence-corrected chi connectivity index (χ3v) is 16.1. The van der Waals surface area contributed by atoms with Gasteiger partial charge in [0, 0.05) is 87.2 Å². The second kappa shape index (κ2) is 37.3. The number of amides is 7. The van der Waals surface area contributed by atoms with Gasteiger partial charge in [0.1, 0.15) is 24.5 Å². The molecule has 2 saturated heterocycles. The molecule has 11 N–H and O–H groups in total. The van der Waals surface area contributed by atoms with Crippen molar-refractivity contribution in [1.82, 2.24) is 56.9 Å². The number of carbonyl (C=O) groups is 10. The SMILES string of the molecule is CC.CC(O)[C@H]1CC(=O)[C@@H](C(C)O)NC(=O)[C@@H](CC(=O)COCCOCCOCCCC(=O)CCCC[C@H]2SC[C@H]3NC(=O)N[C@H]32)Cc2cn(nn2)CCCC[C@@H](C(N)=O)NC(=O)CNC(=O)[C@@H](Cc2cnc[nH]2)CC(=O)[C@@H](C(C)C)NC1=O. The third kappa shape index (κ3) is 24.4. The van der Waals surface area contributed by atoms with Crippen molar-refractivity contribution in [3.05, 3.63) is 30.1 Å². The summed E-state index contributed by atoms with van der Waals surface area (Å²) in [5, 5.41) is 46.7. The van der Waals surface area contributed by atoms with E-state index in [1.54, 1.807) is 20.0 Å². The van der Waals surface area contributed by atoms with Crippen LogP contribution >= 0.6 is 11.8 Å². The number of aromatic amines is 1. The molecule has 470 valence electrons. The molecule has 0 aromatic carbocycles. The highest BCUT2D eigenvalue weighted by Crippen LogP contribution is 2.33. The van der Waals surface area contributed by atoms with Crippen LogP contribution in [0.15, 0.2) is 18.7 Å². The van der Waals surface area contributed by atoms with Crippen molar-refractivity contribution < 1.29 is 72.4 Å². The lowest BCUT2D eigenvalue weighted by atomic mass is 9.87. The Morgan fingerprint density at radius 3 is 2.13 bits per heavy atom. The number of hydrogen-bond acceptors (Lipinski definition) is 19. The van der Waals surface area contributed by atoms with Crippen molar-refractivity contribution in [3.63, 3.8) is 0 Å². The van der Waals surface area contributed by atoms with E-state index in [9.17, 15) is 58.2 Å². The summed E-state index contributed by atoms with van der Waals surface area (Å²) in [6.45, 7) is 10.3. The van der Waals surface area contributed by atoms with E-state index in [2.05, 4.69) is 52.2 Å². The van der Waals surface area contributed by atoms with E-state index < -0.39 is 127 Å². The smallest absolute Gasteiger partial charge is 0.315 e. The zero-order valence-corrected chi connectivity index (χ0v) is 50.2. The summed E-state index contributed by atoms with van der Waals surface area (Å²) < 4.78 is 18.3. The van der Waals surface area contributed by atoms with Gasteiger partial charge in [-0.1, -0.05) is 39.3 Å². The number of nitrogens with one attached hydrogen (secondary N) is 7. The van der Waals surface area contributed by atoms with Gasteiger partial charge in [-0.2, -0.15) is 11.8 Å². The quantitative estimate of drug-likeness (QED) is 0.0473. The molecule has 0 aliphatic carbocycles. The summed E-state index contributed by atoms with van der Waals surface area (Å²) in [5.74, 6) is -8.94. The van der Waals surface area contributed by atoms with Crippen molar-refractivity contribution in [2.75, 3.05) is 51.9 Å². The number of Topliss-reactive ketones (excluding diaryl/α,β-unsaturated/α-hetero) is 4. The van der Waals surface area contributed by atoms with Gasteiger partial charge in [0.05, 0.1) is 93.1 Å². The molecule has 5 rings (SSSR count). The maximum atomic E-state index is 14.2. The summed E-state index contributed by atoms with van der Waals surface area (Å²) in [4.78, 5) is 140. The Morgan fingerprint density at radius 1 is 0.762 bits per heavy atom. The van der Waals surface area contributed by atoms with Crippen LogP contribution in [0, 0.1) is 23.7 Å². The number of hydrogen-bond donors (Lipinski definition) is 10. The predicted octanol–water partition coefficient (Wildman–Crippen LogP) is 0.321. The molecule has 7 amide bonds. The van der Waals surface area contributed by atoms with E-state index in [4.69, 9.17) is 19.9 Å². The van der Waals surface area contributed by atoms with E-state index in [1.807, 2.05) is 25.6 Å². The Balaban J connectivity index is 0.00000748. The largest absolute Gasteiger partial charge is 0.393 e. The van der Waals surface area contributed by atoms with Crippen LogP contribution in [-0.4, -0.2) is 193 Å². The number of aliphatic hydroxyl groups excluding tert-OH is 2. The number of primary amides is 1. The first kappa shape index (κ1) is 70.3. The standard InChI is InChI=1S/C54H84N12O15S.C2H6/c1-31(2)47-43(71)23-35(20-36-25-56-30-58-36)51(75)57-26-46(73)59-41(50(55)74)12-7-8-14-66-27-37(64-65-66)21-34(52(76)62-48(33(4)68)44(72)24-40(32(3)67)53(77)61-47)22-39(70)28-81-19-18-80-17-16-79-15-9-11-38(69)10-5-6-13-45-49-42(29-82-45)60-54(78)63-49;1-2/h25,27,30-35,40-42,45,47-49,67-68H,5-24,26,28-29H2,1-4H3,(H2,55,74)(H,56,58)(H,57,75)(H,59,73)(H,61,77)(H,62,76)(H2,60,63,78);1-2H3/t32?,33?,34-,35+,40-,41+,42-,45-,47-,48-,49-;/m1./s1. The molecule has 0 saturated carbocycles. The Bertz CT molecular complexity index is 2440. The average Bonchev–Trinajstić information content (AvgIpc) is 4.39. The number of H-pyrrole nitrogens is 1. The second-order valence-corrected chi connectivity index (χ2v) is 23.0. The highest BCUT2D eigenvalue weighted by atomic mass is 32.2. The maximum Gasteiger partial charge on any atom is 0.315 e. The monoisotopic (exact) mass is 1200 g/mol. The Hall–Kier alpha value is -6.20. The van der Waals surface area contributed by atoms with Crippen LogP contribution in [0.5, 0.6) is 0 Å². The Morgan fingerprint density at radius 2 is 1.45 bits per heavy atom. The third-order valence-electron chi connectivity index (χ3n) is 14.6. The van der Waals surface area contributed by atoms with Crippen LogP contribution in [0.25, 0.3) is 0 Å². The van der Waals surface area contributed by atoms with Crippen LogP contribution in [0.1, 0.15) is 130 Å². The van der Waals surface area contributed by atoms with Crippen molar-refractivity contribution in [2.45, 2.75) is 186 Å². The number of aryl methyl sites for hydroxylation is 1. The lowest BCUT2D eigenvalue weighted by Gasteiger charge is -2.28. The van der Waals surface area contributed by atoms with E-state index in [1.165, 1.54) is 31.1 Å². The van der Waals surface area contributed by atoms with Gasteiger partial charge in [0.25, 0.3) is 0 Å². The van der Waals surface area contributed by atoms with Crippen molar-refractivity contribution in [3.8, 4) is 0 Å². The van der Waals surface area contributed by atoms with Gasteiger partial charge in [-0.05, 0) is 58.3 Å².